The summed E-state index contributed by atoms with van der Waals surface area (Å²) in [5, 5.41) is 0. The van der Waals surface area contributed by atoms with Crippen LogP contribution in [-0.2, 0) is 6.42 Å². The summed E-state index contributed by atoms with van der Waals surface area (Å²) in [4.78, 5) is 0. The van der Waals surface area contributed by atoms with E-state index in [-0.39, 0.29) is 0 Å². The topological polar surface area (TPSA) is 0 Å². The van der Waals surface area contributed by atoms with Crippen LogP contribution in [0.4, 0.5) is 0 Å². The smallest absolute Gasteiger partial charge is 0.0152 e. The van der Waals surface area contributed by atoms with Gasteiger partial charge in [-0.15, -0.1) is 0 Å². The molecule has 0 spiro atoms. The summed E-state index contributed by atoms with van der Waals surface area (Å²) >= 11 is 0. The highest BCUT2D eigenvalue weighted by Crippen LogP contribution is 2.20. The molecule has 0 nitrogen and oxygen atoms in total. The molecule has 14 heavy (non-hydrogen) atoms. The molecule has 0 saturated heterocycles. The number of rotatable bonds is 4. The van der Waals surface area contributed by atoms with Crippen molar-refractivity contribution in [1.82, 2.24) is 0 Å². The summed E-state index contributed by atoms with van der Waals surface area (Å²) in [5.41, 5.74) is 3.74. The zero-order chi connectivity index (χ0) is 10.4. The predicted molar refractivity (Wildman–Crippen MR) is 64.2 cm³/mol. The molecule has 72 valence electrons. The quantitative estimate of drug-likeness (QED) is 0.620. The molecule has 0 aromatic heterocycles. The van der Waals surface area contributed by atoms with Gasteiger partial charge in [0.1, 0.15) is 0 Å². The molecule has 0 fully saturated rings. The monoisotopic (exact) mass is 184 g/mol. The van der Waals surface area contributed by atoms with Crippen molar-refractivity contribution in [2.24, 2.45) is 0 Å². The fourth-order valence-corrected chi connectivity index (χ4v) is 1.50. The van der Waals surface area contributed by atoms with Gasteiger partial charge in [0.2, 0.25) is 0 Å². The van der Waals surface area contributed by atoms with E-state index in [2.05, 4.69) is 44.3 Å². The Bertz CT molecular complexity index is 356. The van der Waals surface area contributed by atoms with Crippen LogP contribution in [0.3, 0.4) is 0 Å². The standard InChI is InChI=1S/C14H16/c1-4-9-12(5-2)14-11-8-7-10-13(14)6-3/h4-5,7-11H,1-2,6H2,3H3/b12-9+. The van der Waals surface area contributed by atoms with Crippen LogP contribution >= 0.6 is 0 Å². The first-order chi connectivity index (χ1) is 6.83. The second-order valence-corrected chi connectivity index (χ2v) is 3.07. The highest BCUT2D eigenvalue weighted by atomic mass is 14.1. The van der Waals surface area contributed by atoms with E-state index >= 15 is 0 Å². The maximum Gasteiger partial charge on any atom is -0.0152 e. The molecular weight excluding hydrogens is 168 g/mol. The minimum atomic E-state index is 1.04. The molecule has 0 aliphatic heterocycles. The van der Waals surface area contributed by atoms with Gasteiger partial charge in [0, 0.05) is 0 Å². The third-order valence-corrected chi connectivity index (χ3v) is 2.23. The number of benzene rings is 1. The Hall–Kier alpha value is -1.56. The van der Waals surface area contributed by atoms with Crippen LogP contribution < -0.4 is 0 Å². The lowest BCUT2D eigenvalue weighted by Crippen LogP contribution is -1.89. The van der Waals surface area contributed by atoms with Gasteiger partial charge in [-0.2, -0.15) is 0 Å². The van der Waals surface area contributed by atoms with Gasteiger partial charge in [0.05, 0.1) is 0 Å². The molecule has 0 heteroatoms. The predicted octanol–water partition coefficient (Wildman–Crippen LogP) is 4.00. The van der Waals surface area contributed by atoms with Crippen LogP contribution in [-0.4, -0.2) is 0 Å². The molecule has 0 bridgehead atoms. The molecule has 0 heterocycles. The number of hydrogen-bond acceptors (Lipinski definition) is 0. The average Bonchev–Trinajstić information content (AvgIpc) is 2.26. The first-order valence-corrected chi connectivity index (χ1v) is 4.87. The van der Waals surface area contributed by atoms with Crippen molar-refractivity contribution in [3.05, 3.63) is 66.8 Å². The zero-order valence-corrected chi connectivity index (χ0v) is 8.66. The first-order valence-electron chi connectivity index (χ1n) is 4.87. The summed E-state index contributed by atoms with van der Waals surface area (Å²) in [7, 11) is 0. The Morgan fingerprint density at radius 3 is 2.57 bits per heavy atom. The van der Waals surface area contributed by atoms with Crippen LogP contribution in [0, 0.1) is 0 Å². The maximum absolute atomic E-state index is 3.82. The van der Waals surface area contributed by atoms with E-state index < -0.39 is 0 Å². The summed E-state index contributed by atoms with van der Waals surface area (Å²) in [6, 6.07) is 8.39. The lowest BCUT2D eigenvalue weighted by Gasteiger charge is -2.07. The van der Waals surface area contributed by atoms with Crippen molar-refractivity contribution in [3.8, 4) is 0 Å². The van der Waals surface area contributed by atoms with E-state index in [1.807, 2.05) is 12.2 Å². The highest BCUT2D eigenvalue weighted by molar-refractivity contribution is 5.76. The molecule has 0 amide bonds. The minimum Gasteiger partial charge on any atom is -0.0990 e. The molecule has 1 aromatic carbocycles. The molecule has 0 N–H and O–H groups in total. The van der Waals surface area contributed by atoms with Crippen LogP contribution in [0.5, 0.6) is 0 Å². The third kappa shape index (κ3) is 2.23. The van der Waals surface area contributed by atoms with E-state index in [1.54, 1.807) is 6.08 Å². The molecular formula is C14H16. The van der Waals surface area contributed by atoms with Gasteiger partial charge in [0.25, 0.3) is 0 Å². The van der Waals surface area contributed by atoms with Crippen molar-refractivity contribution in [2.45, 2.75) is 13.3 Å². The number of allylic oxidation sites excluding steroid dienone is 4. The summed E-state index contributed by atoms with van der Waals surface area (Å²) in [5.74, 6) is 0. The van der Waals surface area contributed by atoms with Crippen LogP contribution in [0.15, 0.2) is 55.7 Å². The van der Waals surface area contributed by atoms with Crippen molar-refractivity contribution in [3.63, 3.8) is 0 Å². The minimum absolute atomic E-state index is 1.04. The molecule has 0 saturated carbocycles. The van der Waals surface area contributed by atoms with Crippen LogP contribution in [0.25, 0.3) is 5.57 Å². The van der Waals surface area contributed by atoms with Crippen molar-refractivity contribution in [2.75, 3.05) is 0 Å². The molecule has 0 aliphatic carbocycles. The Labute approximate surface area is 86.3 Å². The maximum atomic E-state index is 3.82. The molecule has 1 aromatic rings. The van der Waals surface area contributed by atoms with E-state index in [0.29, 0.717) is 0 Å². The fraction of sp³-hybridized carbons (Fsp3) is 0.143. The van der Waals surface area contributed by atoms with Gasteiger partial charge in [0.15, 0.2) is 0 Å². The van der Waals surface area contributed by atoms with E-state index in [9.17, 15) is 0 Å². The SMILES string of the molecule is C=C/C=C(\C=C)c1ccccc1CC. The van der Waals surface area contributed by atoms with Crippen molar-refractivity contribution < 1.29 is 0 Å². The number of hydrogen-bond donors (Lipinski definition) is 0. The van der Waals surface area contributed by atoms with Gasteiger partial charge in [-0.05, 0) is 23.1 Å². The second kappa shape index (κ2) is 5.23. The third-order valence-electron chi connectivity index (χ3n) is 2.23. The zero-order valence-electron chi connectivity index (χ0n) is 8.66. The molecule has 1 rings (SSSR count). The van der Waals surface area contributed by atoms with E-state index in [1.165, 1.54) is 11.1 Å². The lowest BCUT2D eigenvalue weighted by molar-refractivity contribution is 1.13. The van der Waals surface area contributed by atoms with Crippen molar-refractivity contribution in [1.29, 1.82) is 0 Å². The summed E-state index contributed by atoms with van der Waals surface area (Å²) < 4.78 is 0. The van der Waals surface area contributed by atoms with E-state index in [0.717, 1.165) is 12.0 Å². The number of aryl methyl sites for hydroxylation is 1. The van der Waals surface area contributed by atoms with E-state index in [4.69, 9.17) is 0 Å². The first kappa shape index (κ1) is 10.5. The van der Waals surface area contributed by atoms with Gasteiger partial charge in [-0.1, -0.05) is 62.6 Å². The van der Waals surface area contributed by atoms with Crippen LogP contribution in [0.2, 0.25) is 0 Å². The average molecular weight is 184 g/mol. The van der Waals surface area contributed by atoms with Gasteiger partial charge < -0.3 is 0 Å². The Morgan fingerprint density at radius 1 is 1.29 bits per heavy atom. The fourth-order valence-electron chi connectivity index (χ4n) is 1.50. The van der Waals surface area contributed by atoms with Gasteiger partial charge >= 0.3 is 0 Å². The highest BCUT2D eigenvalue weighted by Gasteiger charge is 2.01. The molecule has 0 radical (unpaired) electrons. The Balaban J connectivity index is 3.21. The lowest BCUT2D eigenvalue weighted by atomic mass is 9.98. The second-order valence-electron chi connectivity index (χ2n) is 3.07. The molecule has 0 aliphatic rings. The van der Waals surface area contributed by atoms with Gasteiger partial charge in [-0.25, -0.2) is 0 Å². The summed E-state index contributed by atoms with van der Waals surface area (Å²) in [6.07, 6.45) is 6.69. The Morgan fingerprint density at radius 2 is 2.00 bits per heavy atom. The molecule has 0 atom stereocenters. The summed E-state index contributed by atoms with van der Waals surface area (Å²) in [6.45, 7) is 9.68. The van der Waals surface area contributed by atoms with Crippen molar-refractivity contribution >= 4 is 5.57 Å². The normalized spacial score (nSPS) is 11.1. The largest absolute Gasteiger partial charge is 0.0990 e. The molecule has 0 unspecified atom stereocenters. The Kier molecular flexibility index (Phi) is 3.93. The van der Waals surface area contributed by atoms with Crippen LogP contribution in [0.1, 0.15) is 18.1 Å². The van der Waals surface area contributed by atoms with Gasteiger partial charge in [-0.3, -0.25) is 0 Å².